The van der Waals surface area contributed by atoms with Gasteiger partial charge in [-0.3, -0.25) is 0 Å². The van der Waals surface area contributed by atoms with Crippen LogP contribution in [0.2, 0.25) is 0 Å². The topological polar surface area (TPSA) is 12.0 Å². The summed E-state index contributed by atoms with van der Waals surface area (Å²) < 4.78 is 0. The molecule has 3 rings (SSSR count). The molecule has 0 heterocycles. The SMILES string of the molecule is CC(C)(C)c1ccc(NC2CC3CCC2(C)C3(C)C)cc1. The second-order valence-electron chi connectivity index (χ2n) is 9.13. The fourth-order valence-electron chi connectivity index (χ4n) is 4.69. The molecule has 2 aliphatic rings. The van der Waals surface area contributed by atoms with E-state index in [0.717, 1.165) is 5.92 Å². The summed E-state index contributed by atoms with van der Waals surface area (Å²) in [6.07, 6.45) is 4.14. The molecule has 3 unspecified atom stereocenters. The van der Waals surface area contributed by atoms with Crippen LogP contribution in [0.1, 0.15) is 66.4 Å². The van der Waals surface area contributed by atoms with E-state index in [2.05, 4.69) is 71.1 Å². The Labute approximate surface area is 130 Å². The minimum absolute atomic E-state index is 0.235. The summed E-state index contributed by atoms with van der Waals surface area (Å²) in [5.41, 5.74) is 3.86. The molecule has 116 valence electrons. The lowest BCUT2D eigenvalue weighted by Gasteiger charge is -2.40. The molecule has 1 nitrogen and oxygen atoms in total. The highest BCUT2D eigenvalue weighted by atomic mass is 15.0. The van der Waals surface area contributed by atoms with Gasteiger partial charge in [0.05, 0.1) is 0 Å². The molecule has 1 heteroatoms. The Morgan fingerprint density at radius 2 is 1.67 bits per heavy atom. The summed E-state index contributed by atoms with van der Waals surface area (Å²) in [5, 5.41) is 3.85. The van der Waals surface area contributed by atoms with Crippen LogP contribution in [-0.2, 0) is 5.41 Å². The number of hydrogen-bond donors (Lipinski definition) is 1. The molecule has 2 saturated carbocycles. The predicted molar refractivity (Wildman–Crippen MR) is 91.8 cm³/mol. The molecule has 0 aromatic heterocycles. The van der Waals surface area contributed by atoms with Gasteiger partial charge in [0.15, 0.2) is 0 Å². The second-order valence-corrected chi connectivity index (χ2v) is 9.13. The van der Waals surface area contributed by atoms with Crippen LogP contribution in [0.5, 0.6) is 0 Å². The summed E-state index contributed by atoms with van der Waals surface area (Å²) >= 11 is 0. The molecule has 2 bridgehead atoms. The van der Waals surface area contributed by atoms with E-state index >= 15 is 0 Å². The summed E-state index contributed by atoms with van der Waals surface area (Å²) in [7, 11) is 0. The minimum atomic E-state index is 0.235. The van der Waals surface area contributed by atoms with E-state index in [1.165, 1.54) is 30.5 Å². The van der Waals surface area contributed by atoms with Gasteiger partial charge < -0.3 is 5.32 Å². The van der Waals surface area contributed by atoms with Gasteiger partial charge in [-0.1, -0.05) is 53.7 Å². The predicted octanol–water partition coefficient (Wildman–Crippen LogP) is 5.61. The van der Waals surface area contributed by atoms with Crippen molar-refractivity contribution in [3.63, 3.8) is 0 Å². The van der Waals surface area contributed by atoms with Gasteiger partial charge in [-0.2, -0.15) is 0 Å². The van der Waals surface area contributed by atoms with Crippen LogP contribution < -0.4 is 5.32 Å². The van der Waals surface area contributed by atoms with Gasteiger partial charge in [0, 0.05) is 11.7 Å². The lowest BCUT2D eigenvalue weighted by Crippen LogP contribution is -2.40. The van der Waals surface area contributed by atoms with Crippen LogP contribution in [0.4, 0.5) is 5.69 Å². The Morgan fingerprint density at radius 1 is 1.05 bits per heavy atom. The number of benzene rings is 1. The first-order valence-electron chi connectivity index (χ1n) is 8.52. The number of rotatable bonds is 2. The Bertz CT molecular complexity index is 520. The van der Waals surface area contributed by atoms with Crippen molar-refractivity contribution in [3.8, 4) is 0 Å². The molecule has 1 N–H and O–H groups in total. The van der Waals surface area contributed by atoms with Gasteiger partial charge >= 0.3 is 0 Å². The number of anilines is 1. The first-order chi connectivity index (χ1) is 9.64. The average molecular weight is 285 g/mol. The van der Waals surface area contributed by atoms with Gasteiger partial charge in [0.25, 0.3) is 0 Å². The van der Waals surface area contributed by atoms with Crippen molar-refractivity contribution in [1.29, 1.82) is 0 Å². The van der Waals surface area contributed by atoms with E-state index in [9.17, 15) is 0 Å². The van der Waals surface area contributed by atoms with E-state index in [4.69, 9.17) is 0 Å². The highest BCUT2D eigenvalue weighted by Gasteiger charge is 2.61. The van der Waals surface area contributed by atoms with E-state index in [1.807, 2.05) is 0 Å². The molecule has 1 aromatic carbocycles. The molecule has 21 heavy (non-hydrogen) atoms. The molecule has 3 atom stereocenters. The fourth-order valence-corrected chi connectivity index (χ4v) is 4.69. The summed E-state index contributed by atoms with van der Waals surface area (Å²) in [6.45, 7) is 14.3. The highest BCUT2D eigenvalue weighted by Crippen LogP contribution is 2.65. The monoisotopic (exact) mass is 285 g/mol. The maximum absolute atomic E-state index is 3.85. The quantitative estimate of drug-likeness (QED) is 0.744. The third-order valence-electron chi connectivity index (χ3n) is 6.89. The Balaban J connectivity index is 1.77. The van der Waals surface area contributed by atoms with Crippen LogP contribution in [-0.4, -0.2) is 6.04 Å². The zero-order chi connectivity index (χ0) is 15.5. The number of fused-ring (bicyclic) bond motifs is 2. The van der Waals surface area contributed by atoms with Gasteiger partial charge in [0.2, 0.25) is 0 Å². The second kappa shape index (κ2) is 4.51. The average Bonchev–Trinajstić information content (AvgIpc) is 2.71. The Hall–Kier alpha value is -0.980. The van der Waals surface area contributed by atoms with E-state index < -0.39 is 0 Å². The van der Waals surface area contributed by atoms with Crippen molar-refractivity contribution in [1.82, 2.24) is 0 Å². The van der Waals surface area contributed by atoms with E-state index in [1.54, 1.807) is 0 Å². The molecular weight excluding hydrogens is 254 g/mol. The highest BCUT2D eigenvalue weighted by molar-refractivity contribution is 5.47. The molecule has 1 aromatic rings. The Kier molecular flexibility index (Phi) is 3.21. The number of hydrogen-bond acceptors (Lipinski definition) is 1. The molecule has 0 amide bonds. The Morgan fingerprint density at radius 3 is 2.10 bits per heavy atom. The van der Waals surface area contributed by atoms with Crippen molar-refractivity contribution in [2.75, 3.05) is 5.32 Å². The first kappa shape index (κ1) is 14.9. The molecule has 0 aliphatic heterocycles. The van der Waals surface area contributed by atoms with Crippen molar-refractivity contribution in [2.45, 2.75) is 72.3 Å². The summed E-state index contributed by atoms with van der Waals surface area (Å²) in [5.74, 6) is 0.897. The van der Waals surface area contributed by atoms with Crippen LogP contribution in [0.15, 0.2) is 24.3 Å². The largest absolute Gasteiger partial charge is 0.382 e. The van der Waals surface area contributed by atoms with Gasteiger partial charge in [0.1, 0.15) is 0 Å². The normalized spacial score (nSPS) is 34.2. The van der Waals surface area contributed by atoms with E-state index in [0.29, 0.717) is 16.9 Å². The van der Waals surface area contributed by atoms with Crippen LogP contribution in [0.3, 0.4) is 0 Å². The molecule has 2 fully saturated rings. The third-order valence-corrected chi connectivity index (χ3v) is 6.89. The zero-order valence-electron chi connectivity index (χ0n) is 14.6. The lowest BCUT2D eigenvalue weighted by molar-refractivity contribution is 0.142. The molecule has 0 radical (unpaired) electrons. The van der Waals surface area contributed by atoms with Crippen molar-refractivity contribution >= 4 is 5.69 Å². The molecule has 0 spiro atoms. The van der Waals surface area contributed by atoms with Crippen molar-refractivity contribution in [2.24, 2.45) is 16.7 Å². The zero-order valence-corrected chi connectivity index (χ0v) is 14.6. The van der Waals surface area contributed by atoms with Gasteiger partial charge in [-0.25, -0.2) is 0 Å². The van der Waals surface area contributed by atoms with Gasteiger partial charge in [-0.05, 0) is 59.1 Å². The van der Waals surface area contributed by atoms with Crippen LogP contribution >= 0.6 is 0 Å². The first-order valence-corrected chi connectivity index (χ1v) is 8.52. The maximum Gasteiger partial charge on any atom is 0.0342 e. The molecule has 0 saturated heterocycles. The molecular formula is C20H31N. The van der Waals surface area contributed by atoms with Gasteiger partial charge in [-0.15, -0.1) is 0 Å². The molecule has 2 aliphatic carbocycles. The minimum Gasteiger partial charge on any atom is -0.382 e. The summed E-state index contributed by atoms with van der Waals surface area (Å²) in [6, 6.07) is 9.73. The number of nitrogens with one attached hydrogen (secondary N) is 1. The van der Waals surface area contributed by atoms with E-state index in [-0.39, 0.29) is 5.41 Å². The van der Waals surface area contributed by atoms with Crippen molar-refractivity contribution in [3.05, 3.63) is 29.8 Å². The fraction of sp³-hybridized carbons (Fsp3) is 0.700. The third kappa shape index (κ3) is 2.20. The maximum atomic E-state index is 3.85. The van der Waals surface area contributed by atoms with Crippen LogP contribution in [0.25, 0.3) is 0 Å². The summed E-state index contributed by atoms with van der Waals surface area (Å²) in [4.78, 5) is 0. The lowest BCUT2D eigenvalue weighted by atomic mass is 9.69. The smallest absolute Gasteiger partial charge is 0.0342 e. The van der Waals surface area contributed by atoms with Crippen molar-refractivity contribution < 1.29 is 0 Å². The standard InChI is InChI=1S/C20H31N/c1-18(2,3)14-7-9-16(10-8-14)21-17-13-15-11-12-20(17,6)19(15,4)5/h7-10,15,17,21H,11-13H2,1-6H3. The van der Waals surface area contributed by atoms with Crippen LogP contribution in [0, 0.1) is 16.7 Å².